The van der Waals surface area contributed by atoms with Crippen molar-refractivity contribution in [1.82, 2.24) is 0 Å². The highest BCUT2D eigenvalue weighted by atomic mass is 16.6. The summed E-state index contributed by atoms with van der Waals surface area (Å²) in [6.07, 6.45) is 1.40. The molecule has 0 N–H and O–H groups in total. The largest absolute Gasteiger partial charge is 0.499 e. The minimum absolute atomic E-state index is 0.457. The Bertz CT molecular complexity index is 598. The highest BCUT2D eigenvalue weighted by molar-refractivity contribution is 5.56. The van der Waals surface area contributed by atoms with Crippen LogP contribution in [0.1, 0.15) is 5.56 Å². The molecule has 9 nitrogen and oxygen atoms in total. The standard InChI is InChI=1S/C26H42O9/c1-3-27-9-10-28-11-12-29-13-14-30-15-16-31-17-18-32-19-20-33-21-22-34-23-24-35-25(2)26-7-5-4-6-8-26/h3-8H,1-2,9-24H2. The van der Waals surface area contributed by atoms with E-state index >= 15 is 0 Å². The van der Waals surface area contributed by atoms with E-state index in [9.17, 15) is 0 Å². The second-order valence-corrected chi connectivity index (χ2v) is 6.96. The Balaban J connectivity index is 1.68. The van der Waals surface area contributed by atoms with Crippen molar-refractivity contribution in [2.24, 2.45) is 0 Å². The quantitative estimate of drug-likeness (QED) is 0.134. The van der Waals surface area contributed by atoms with Gasteiger partial charge in [0.2, 0.25) is 0 Å². The second-order valence-electron chi connectivity index (χ2n) is 6.96. The highest BCUT2D eigenvalue weighted by Crippen LogP contribution is 2.12. The maximum atomic E-state index is 5.56. The van der Waals surface area contributed by atoms with Gasteiger partial charge in [-0.15, -0.1) is 0 Å². The first kappa shape index (κ1) is 31.1. The first-order valence-electron chi connectivity index (χ1n) is 12.0. The normalized spacial score (nSPS) is 10.9. The Morgan fingerprint density at radius 1 is 0.514 bits per heavy atom. The van der Waals surface area contributed by atoms with Gasteiger partial charge in [-0.1, -0.05) is 43.5 Å². The molecule has 0 aromatic heterocycles. The monoisotopic (exact) mass is 498 g/mol. The van der Waals surface area contributed by atoms with Gasteiger partial charge in [0.05, 0.1) is 98.8 Å². The minimum Gasteiger partial charge on any atom is -0.499 e. The molecule has 0 aliphatic carbocycles. The molecule has 0 amide bonds. The molecule has 0 saturated heterocycles. The van der Waals surface area contributed by atoms with E-state index in [2.05, 4.69) is 13.2 Å². The Morgan fingerprint density at radius 2 is 0.857 bits per heavy atom. The van der Waals surface area contributed by atoms with Gasteiger partial charge in [0.15, 0.2) is 0 Å². The molecule has 1 aromatic rings. The zero-order valence-corrected chi connectivity index (χ0v) is 20.9. The highest BCUT2D eigenvalue weighted by Gasteiger charge is 1.99. The fraction of sp³-hybridized carbons (Fsp3) is 0.615. The molecule has 0 heterocycles. The summed E-state index contributed by atoms with van der Waals surface area (Å²) in [5.74, 6) is 0.647. The molecule has 9 heteroatoms. The van der Waals surface area contributed by atoms with E-state index in [1.54, 1.807) is 0 Å². The topological polar surface area (TPSA) is 83.1 Å². The van der Waals surface area contributed by atoms with Crippen molar-refractivity contribution in [3.63, 3.8) is 0 Å². The molecule has 200 valence electrons. The molecule has 35 heavy (non-hydrogen) atoms. The van der Waals surface area contributed by atoms with Crippen molar-refractivity contribution in [3.05, 3.63) is 55.3 Å². The molecule has 0 atom stereocenters. The van der Waals surface area contributed by atoms with Crippen LogP contribution in [0.15, 0.2) is 49.8 Å². The maximum Gasteiger partial charge on any atom is 0.119 e. The summed E-state index contributed by atoms with van der Waals surface area (Å²) in [6.45, 7) is 15.6. The molecule has 0 saturated carbocycles. The predicted octanol–water partition coefficient (Wildman–Crippen LogP) is 2.95. The predicted molar refractivity (Wildman–Crippen MR) is 133 cm³/mol. The van der Waals surface area contributed by atoms with Gasteiger partial charge in [-0.2, -0.15) is 0 Å². The van der Waals surface area contributed by atoms with Crippen molar-refractivity contribution in [2.45, 2.75) is 0 Å². The van der Waals surface area contributed by atoms with E-state index in [1.807, 2.05) is 30.3 Å². The zero-order chi connectivity index (χ0) is 25.1. The van der Waals surface area contributed by atoms with Crippen LogP contribution in [0.25, 0.3) is 5.76 Å². The summed E-state index contributed by atoms with van der Waals surface area (Å²) in [7, 11) is 0. The second kappa shape index (κ2) is 25.1. The van der Waals surface area contributed by atoms with Crippen molar-refractivity contribution in [1.29, 1.82) is 0 Å². The average Bonchev–Trinajstić information content (AvgIpc) is 2.89. The van der Waals surface area contributed by atoms with Gasteiger partial charge in [0.25, 0.3) is 0 Å². The lowest BCUT2D eigenvalue weighted by Crippen LogP contribution is -2.15. The third kappa shape index (κ3) is 21.1. The summed E-state index contributed by atoms with van der Waals surface area (Å²) in [6, 6.07) is 9.78. The molecule has 0 unspecified atom stereocenters. The SMILES string of the molecule is C=COCCOCCOCCOCCOCCOCCOCCOCCOC(=C)c1ccccc1. The van der Waals surface area contributed by atoms with E-state index in [4.69, 9.17) is 42.6 Å². The van der Waals surface area contributed by atoms with Gasteiger partial charge >= 0.3 is 0 Å². The van der Waals surface area contributed by atoms with Crippen molar-refractivity contribution in [3.8, 4) is 0 Å². The molecule has 0 bridgehead atoms. The molecular weight excluding hydrogens is 456 g/mol. The molecule has 1 rings (SSSR count). The molecular formula is C26H42O9. The van der Waals surface area contributed by atoms with Crippen molar-refractivity contribution < 1.29 is 42.6 Å². The molecule has 0 spiro atoms. The Labute approximate surface area is 209 Å². The van der Waals surface area contributed by atoms with Crippen LogP contribution in [0.5, 0.6) is 0 Å². The zero-order valence-electron chi connectivity index (χ0n) is 20.9. The molecule has 1 aromatic carbocycles. The maximum absolute atomic E-state index is 5.56. The van der Waals surface area contributed by atoms with Crippen LogP contribution in [0.3, 0.4) is 0 Å². The van der Waals surface area contributed by atoms with Crippen LogP contribution in [-0.4, -0.2) is 106 Å². The summed E-state index contributed by atoms with van der Waals surface area (Å²) in [4.78, 5) is 0. The van der Waals surface area contributed by atoms with Crippen LogP contribution >= 0.6 is 0 Å². The van der Waals surface area contributed by atoms with Crippen LogP contribution in [0, 0.1) is 0 Å². The molecule has 0 aliphatic heterocycles. The molecule has 0 fully saturated rings. The minimum atomic E-state index is 0.457. The van der Waals surface area contributed by atoms with Crippen molar-refractivity contribution in [2.75, 3.05) is 106 Å². The van der Waals surface area contributed by atoms with E-state index < -0.39 is 0 Å². The third-order valence-electron chi connectivity index (χ3n) is 4.30. The summed E-state index contributed by atoms with van der Waals surface area (Å²) < 4.78 is 48.5. The Hall–Kier alpha value is -1.98. The number of benzene rings is 1. The van der Waals surface area contributed by atoms with Crippen LogP contribution in [0.4, 0.5) is 0 Å². The smallest absolute Gasteiger partial charge is 0.119 e. The summed E-state index contributed by atoms with van der Waals surface area (Å²) in [5, 5.41) is 0. The number of hydrogen-bond acceptors (Lipinski definition) is 9. The fourth-order valence-corrected chi connectivity index (χ4v) is 2.54. The van der Waals surface area contributed by atoms with Crippen LogP contribution < -0.4 is 0 Å². The van der Waals surface area contributed by atoms with Gasteiger partial charge in [0, 0.05) is 5.56 Å². The molecule has 0 aliphatic rings. The molecule has 0 radical (unpaired) electrons. The van der Waals surface area contributed by atoms with Crippen molar-refractivity contribution >= 4 is 5.76 Å². The first-order chi connectivity index (χ1) is 17.3. The lowest BCUT2D eigenvalue weighted by atomic mass is 10.2. The van der Waals surface area contributed by atoms with Crippen LogP contribution in [-0.2, 0) is 42.6 Å². The Morgan fingerprint density at radius 3 is 1.23 bits per heavy atom. The summed E-state index contributed by atoms with van der Waals surface area (Å²) >= 11 is 0. The fourth-order valence-electron chi connectivity index (χ4n) is 2.54. The van der Waals surface area contributed by atoms with E-state index in [1.165, 1.54) is 6.26 Å². The lowest BCUT2D eigenvalue weighted by Gasteiger charge is -2.10. The number of hydrogen-bond donors (Lipinski definition) is 0. The number of ether oxygens (including phenoxy) is 9. The van der Waals surface area contributed by atoms with E-state index in [0.29, 0.717) is 111 Å². The third-order valence-corrected chi connectivity index (χ3v) is 4.30. The summed E-state index contributed by atoms with van der Waals surface area (Å²) in [5.41, 5.74) is 0.973. The Kier molecular flexibility index (Phi) is 22.3. The van der Waals surface area contributed by atoms with Gasteiger partial charge in [-0.05, 0) is 0 Å². The van der Waals surface area contributed by atoms with E-state index in [-0.39, 0.29) is 0 Å². The van der Waals surface area contributed by atoms with Crippen LogP contribution in [0.2, 0.25) is 0 Å². The van der Waals surface area contributed by atoms with Gasteiger partial charge in [-0.25, -0.2) is 0 Å². The van der Waals surface area contributed by atoms with Gasteiger partial charge in [0.1, 0.15) is 19.0 Å². The lowest BCUT2D eigenvalue weighted by molar-refractivity contribution is -0.0225. The first-order valence-corrected chi connectivity index (χ1v) is 12.0. The van der Waals surface area contributed by atoms with E-state index in [0.717, 1.165) is 5.56 Å². The van der Waals surface area contributed by atoms with Gasteiger partial charge in [-0.3, -0.25) is 0 Å². The van der Waals surface area contributed by atoms with Gasteiger partial charge < -0.3 is 42.6 Å². The average molecular weight is 499 g/mol. The number of rotatable bonds is 27.